The van der Waals surface area contributed by atoms with Gasteiger partial charge in [0, 0.05) is 0 Å². The predicted octanol–water partition coefficient (Wildman–Crippen LogP) is 3.49. The first-order chi connectivity index (χ1) is 8.80. The van der Waals surface area contributed by atoms with E-state index in [0.29, 0.717) is 0 Å². The number of ether oxygens (including phenoxy) is 1. The topological polar surface area (TPSA) is 50.1 Å². The van der Waals surface area contributed by atoms with Crippen LogP contribution in [0.3, 0.4) is 0 Å². The average molecular weight is 293 g/mol. The van der Waals surface area contributed by atoms with E-state index in [-0.39, 0.29) is 6.61 Å². The Kier molecular flexibility index (Phi) is 4.78. The summed E-state index contributed by atoms with van der Waals surface area (Å²) in [6, 6.07) is 3.10. The van der Waals surface area contributed by atoms with Crippen molar-refractivity contribution in [2.45, 2.75) is 17.3 Å². The summed E-state index contributed by atoms with van der Waals surface area (Å²) in [5.41, 5.74) is -5.83. The van der Waals surface area contributed by atoms with Gasteiger partial charge in [-0.1, -0.05) is 0 Å². The lowest BCUT2D eigenvalue weighted by Gasteiger charge is -2.10. The van der Waals surface area contributed by atoms with Gasteiger partial charge in [0.2, 0.25) is 0 Å². The highest BCUT2D eigenvalue weighted by Crippen LogP contribution is 2.39. The molecule has 0 aliphatic carbocycles. The van der Waals surface area contributed by atoms with Crippen molar-refractivity contribution in [2.24, 2.45) is 0 Å². The molecule has 0 aliphatic heterocycles. The third-order valence-corrected chi connectivity index (χ3v) is 2.71. The zero-order valence-electron chi connectivity index (χ0n) is 9.55. The van der Waals surface area contributed by atoms with Crippen LogP contribution in [0.4, 0.5) is 17.6 Å². The van der Waals surface area contributed by atoms with Gasteiger partial charge in [-0.2, -0.15) is 18.4 Å². The number of carbonyl (C=O) groups is 1. The van der Waals surface area contributed by atoms with E-state index in [4.69, 9.17) is 5.26 Å². The highest BCUT2D eigenvalue weighted by atomic mass is 32.2. The summed E-state index contributed by atoms with van der Waals surface area (Å²) in [6.45, 7) is 1.51. The molecule has 102 valence electrons. The first-order valence-electron chi connectivity index (χ1n) is 4.95. The Morgan fingerprint density at radius 2 is 2.11 bits per heavy atom. The summed E-state index contributed by atoms with van der Waals surface area (Å²) in [5, 5.41) is 8.75. The molecule has 1 aromatic rings. The molecular weight excluding hydrogens is 286 g/mol. The van der Waals surface area contributed by atoms with Crippen LogP contribution in [0.1, 0.15) is 22.8 Å². The van der Waals surface area contributed by atoms with Gasteiger partial charge in [-0.3, -0.25) is 0 Å². The van der Waals surface area contributed by atoms with Crippen LogP contribution in [0.25, 0.3) is 0 Å². The van der Waals surface area contributed by atoms with E-state index in [0.717, 1.165) is 12.1 Å². The zero-order valence-corrected chi connectivity index (χ0v) is 10.4. The molecular formula is C11H7F4NO2S. The van der Waals surface area contributed by atoms with Crippen LogP contribution in [0, 0.1) is 17.1 Å². The maximum absolute atomic E-state index is 13.7. The van der Waals surface area contributed by atoms with Gasteiger partial charge < -0.3 is 4.74 Å². The van der Waals surface area contributed by atoms with Crippen molar-refractivity contribution in [1.29, 1.82) is 5.26 Å². The van der Waals surface area contributed by atoms with Gasteiger partial charge in [0.05, 0.1) is 17.1 Å². The van der Waals surface area contributed by atoms with E-state index in [1.807, 2.05) is 0 Å². The molecule has 0 heterocycles. The largest absolute Gasteiger partial charge is 0.462 e. The quantitative estimate of drug-likeness (QED) is 0.486. The van der Waals surface area contributed by atoms with Crippen LogP contribution in [0.15, 0.2) is 17.0 Å². The summed E-state index contributed by atoms with van der Waals surface area (Å²) >= 11 is -0.688. The number of esters is 1. The molecule has 3 nitrogen and oxygen atoms in total. The van der Waals surface area contributed by atoms with E-state index in [9.17, 15) is 22.4 Å². The molecule has 0 aromatic heterocycles. The minimum Gasteiger partial charge on any atom is -0.462 e. The molecule has 0 saturated heterocycles. The monoisotopic (exact) mass is 293 g/mol. The number of carbonyl (C=O) groups excluding carboxylic acids is 1. The van der Waals surface area contributed by atoms with Crippen LogP contribution in [-0.2, 0) is 4.74 Å². The van der Waals surface area contributed by atoms with Gasteiger partial charge in [-0.15, -0.1) is 0 Å². The number of benzene rings is 1. The third-order valence-electron chi connectivity index (χ3n) is 1.94. The van der Waals surface area contributed by atoms with Crippen LogP contribution >= 0.6 is 11.8 Å². The van der Waals surface area contributed by atoms with Gasteiger partial charge in [-0.05, 0) is 30.8 Å². The Labute approximate surface area is 110 Å². The van der Waals surface area contributed by atoms with Crippen molar-refractivity contribution in [2.75, 3.05) is 6.61 Å². The van der Waals surface area contributed by atoms with E-state index in [2.05, 4.69) is 4.74 Å². The molecule has 8 heteroatoms. The zero-order chi connectivity index (χ0) is 14.6. The minimum atomic E-state index is -4.68. The fraction of sp³-hybridized carbons (Fsp3) is 0.273. The lowest BCUT2D eigenvalue weighted by Crippen LogP contribution is -2.09. The van der Waals surface area contributed by atoms with E-state index in [1.165, 1.54) is 13.0 Å². The van der Waals surface area contributed by atoms with Crippen molar-refractivity contribution in [3.63, 3.8) is 0 Å². The van der Waals surface area contributed by atoms with Gasteiger partial charge in [0.15, 0.2) is 5.82 Å². The average Bonchev–Trinajstić information content (AvgIpc) is 2.30. The molecule has 0 spiro atoms. The number of hydrogen-bond acceptors (Lipinski definition) is 4. The number of alkyl halides is 3. The van der Waals surface area contributed by atoms with Crippen LogP contribution in [0.2, 0.25) is 0 Å². The van der Waals surface area contributed by atoms with Crippen LogP contribution < -0.4 is 0 Å². The van der Waals surface area contributed by atoms with Crippen molar-refractivity contribution in [3.8, 4) is 6.07 Å². The van der Waals surface area contributed by atoms with E-state index < -0.39 is 45.1 Å². The molecule has 0 N–H and O–H groups in total. The van der Waals surface area contributed by atoms with Gasteiger partial charge in [0.25, 0.3) is 0 Å². The molecule has 0 bridgehead atoms. The van der Waals surface area contributed by atoms with Crippen molar-refractivity contribution < 1.29 is 27.1 Å². The molecule has 19 heavy (non-hydrogen) atoms. The Balaban J connectivity index is 3.24. The summed E-state index contributed by atoms with van der Waals surface area (Å²) in [4.78, 5) is 10.6. The minimum absolute atomic E-state index is 0.00434. The van der Waals surface area contributed by atoms with Crippen LogP contribution in [0.5, 0.6) is 0 Å². The van der Waals surface area contributed by atoms with Crippen LogP contribution in [-0.4, -0.2) is 18.1 Å². The fourth-order valence-electron chi connectivity index (χ4n) is 1.25. The number of thioether (sulfide) groups is 1. The number of rotatable bonds is 3. The van der Waals surface area contributed by atoms with Crippen molar-refractivity contribution >= 4 is 17.7 Å². The SMILES string of the molecule is CCOC(=O)c1ccc(SC(F)(F)F)c(F)c1C#N. The molecule has 0 fully saturated rings. The molecule has 0 aliphatic rings. The third kappa shape index (κ3) is 3.86. The number of nitriles is 1. The second kappa shape index (κ2) is 5.93. The van der Waals surface area contributed by atoms with Crippen molar-refractivity contribution in [1.82, 2.24) is 0 Å². The highest BCUT2D eigenvalue weighted by molar-refractivity contribution is 8.00. The summed E-state index contributed by atoms with van der Waals surface area (Å²) in [7, 11) is 0. The molecule has 0 atom stereocenters. The Morgan fingerprint density at radius 1 is 1.47 bits per heavy atom. The molecule has 0 saturated carbocycles. The second-order valence-corrected chi connectivity index (χ2v) is 4.29. The molecule has 0 radical (unpaired) electrons. The molecule has 1 rings (SSSR count). The maximum atomic E-state index is 13.7. The Hall–Kier alpha value is -1.75. The van der Waals surface area contributed by atoms with Gasteiger partial charge in [0.1, 0.15) is 11.6 Å². The maximum Gasteiger partial charge on any atom is 0.446 e. The summed E-state index contributed by atoms with van der Waals surface area (Å²) < 4.78 is 54.8. The lowest BCUT2D eigenvalue weighted by molar-refractivity contribution is -0.0329. The number of halogens is 4. The number of nitrogens with zero attached hydrogens (tertiary/aromatic N) is 1. The first kappa shape index (κ1) is 15.3. The number of hydrogen-bond donors (Lipinski definition) is 0. The first-order valence-corrected chi connectivity index (χ1v) is 5.77. The standard InChI is InChI=1S/C11H7F4NO2S/c1-2-18-10(17)6-3-4-8(19-11(13,14)15)9(12)7(6)5-16/h3-4H,2H2,1H3. The van der Waals surface area contributed by atoms with Gasteiger partial charge >= 0.3 is 11.5 Å². The van der Waals surface area contributed by atoms with Gasteiger partial charge in [-0.25, -0.2) is 9.18 Å². The van der Waals surface area contributed by atoms with Crippen molar-refractivity contribution in [3.05, 3.63) is 29.1 Å². The highest BCUT2D eigenvalue weighted by Gasteiger charge is 2.32. The Bertz CT molecular complexity index is 537. The molecule has 1 aromatic carbocycles. The Morgan fingerprint density at radius 3 is 2.58 bits per heavy atom. The predicted molar refractivity (Wildman–Crippen MR) is 59.0 cm³/mol. The summed E-state index contributed by atoms with van der Waals surface area (Å²) in [6.07, 6.45) is 0. The normalized spacial score (nSPS) is 10.9. The smallest absolute Gasteiger partial charge is 0.446 e. The summed E-state index contributed by atoms with van der Waals surface area (Å²) in [5.74, 6) is -2.34. The second-order valence-electron chi connectivity index (χ2n) is 3.18. The lowest BCUT2D eigenvalue weighted by atomic mass is 10.1. The fourth-order valence-corrected chi connectivity index (χ4v) is 1.83. The molecule has 0 amide bonds. The molecule has 0 unspecified atom stereocenters. The van der Waals surface area contributed by atoms with E-state index >= 15 is 0 Å². The van der Waals surface area contributed by atoms with E-state index in [1.54, 1.807) is 0 Å².